The van der Waals surface area contributed by atoms with Crippen molar-refractivity contribution in [2.45, 2.75) is 32.0 Å². The lowest BCUT2D eigenvalue weighted by Crippen LogP contribution is -2.35. The zero-order valence-corrected chi connectivity index (χ0v) is 10.7. The number of amides is 2. The average molecular weight is 255 g/mol. The maximum absolute atomic E-state index is 12.2. The number of nitrogens with zero attached hydrogens (tertiary/aromatic N) is 1. The Hall–Kier alpha value is -0.550. The Morgan fingerprint density at radius 1 is 1.24 bits per heavy atom. The highest BCUT2D eigenvalue weighted by Crippen LogP contribution is 2.48. The number of fused-ring (bicyclic) bond motifs is 5. The van der Waals surface area contributed by atoms with Crippen LogP contribution in [0.4, 0.5) is 0 Å². The minimum absolute atomic E-state index is 0.0175. The van der Waals surface area contributed by atoms with Crippen LogP contribution in [0.5, 0.6) is 0 Å². The van der Waals surface area contributed by atoms with Crippen LogP contribution in [0, 0.1) is 11.8 Å². The van der Waals surface area contributed by atoms with Crippen molar-refractivity contribution in [3.63, 3.8) is 0 Å². The maximum atomic E-state index is 12.2. The quantitative estimate of drug-likeness (QED) is 0.553. The van der Waals surface area contributed by atoms with E-state index in [4.69, 9.17) is 4.74 Å². The van der Waals surface area contributed by atoms with Crippen LogP contribution in [-0.2, 0) is 14.3 Å². The van der Waals surface area contributed by atoms with E-state index in [0.29, 0.717) is 6.54 Å². The number of hydrogen-bond acceptors (Lipinski definition) is 4. The van der Waals surface area contributed by atoms with E-state index in [2.05, 4.69) is 6.92 Å². The van der Waals surface area contributed by atoms with Gasteiger partial charge in [-0.15, -0.1) is 0 Å². The first-order valence-electron chi connectivity index (χ1n) is 6.32. The Bertz CT molecular complexity index is 332. The first-order chi connectivity index (χ1) is 8.24. The van der Waals surface area contributed by atoms with Crippen molar-refractivity contribution in [1.82, 2.24) is 4.90 Å². The van der Waals surface area contributed by atoms with Gasteiger partial charge in [-0.3, -0.25) is 14.5 Å². The minimum Gasteiger partial charge on any atom is -0.373 e. The van der Waals surface area contributed by atoms with Gasteiger partial charge < -0.3 is 4.74 Å². The van der Waals surface area contributed by atoms with Crippen LogP contribution in [0.15, 0.2) is 0 Å². The van der Waals surface area contributed by atoms with Crippen molar-refractivity contribution in [1.29, 1.82) is 0 Å². The molecule has 2 amide bonds. The molecular formula is C12H17NO3S. The van der Waals surface area contributed by atoms with Crippen molar-refractivity contribution in [2.75, 3.05) is 18.1 Å². The molecule has 0 aromatic carbocycles. The number of hydrogen-bond donors (Lipinski definition) is 0. The molecule has 0 N–H and O–H groups in total. The topological polar surface area (TPSA) is 46.6 Å². The van der Waals surface area contributed by atoms with Gasteiger partial charge in [-0.25, -0.2) is 0 Å². The summed E-state index contributed by atoms with van der Waals surface area (Å²) < 4.78 is 5.68. The van der Waals surface area contributed by atoms with Gasteiger partial charge >= 0.3 is 0 Å². The van der Waals surface area contributed by atoms with Crippen LogP contribution in [0.25, 0.3) is 0 Å². The summed E-state index contributed by atoms with van der Waals surface area (Å²) in [7, 11) is 0. The Morgan fingerprint density at radius 3 is 2.35 bits per heavy atom. The van der Waals surface area contributed by atoms with Gasteiger partial charge in [0.25, 0.3) is 0 Å². The van der Waals surface area contributed by atoms with Gasteiger partial charge in [0, 0.05) is 12.3 Å². The summed E-state index contributed by atoms with van der Waals surface area (Å²) in [6.07, 6.45) is 1.93. The van der Waals surface area contributed by atoms with Crippen LogP contribution in [-0.4, -0.2) is 47.0 Å². The Morgan fingerprint density at radius 2 is 1.82 bits per heavy atom. The van der Waals surface area contributed by atoms with Gasteiger partial charge in [0.05, 0.1) is 24.0 Å². The van der Waals surface area contributed by atoms with E-state index in [1.54, 1.807) is 11.8 Å². The number of thioether (sulfide) groups is 1. The van der Waals surface area contributed by atoms with E-state index >= 15 is 0 Å². The van der Waals surface area contributed by atoms with E-state index in [-0.39, 0.29) is 35.9 Å². The van der Waals surface area contributed by atoms with Gasteiger partial charge in [0.2, 0.25) is 11.8 Å². The molecule has 0 saturated carbocycles. The number of carbonyl (C=O) groups excluding carboxylic acids is 2. The first-order valence-corrected chi connectivity index (χ1v) is 7.48. The SMILES string of the molecule is CCSCCN1C(=O)[C@@H]2[C@@H](C1=O)[C@@H]1CC[C@@H]2O1. The van der Waals surface area contributed by atoms with Gasteiger partial charge in [-0.05, 0) is 18.6 Å². The minimum atomic E-state index is -0.159. The van der Waals surface area contributed by atoms with E-state index in [1.807, 2.05) is 0 Å². The molecule has 94 valence electrons. The Labute approximate surface area is 105 Å². The normalized spacial score (nSPS) is 39.2. The van der Waals surface area contributed by atoms with Crippen molar-refractivity contribution >= 4 is 23.6 Å². The number of rotatable bonds is 4. The fraction of sp³-hybridized carbons (Fsp3) is 0.833. The molecule has 4 atom stereocenters. The molecule has 0 spiro atoms. The molecule has 3 fully saturated rings. The second-order valence-electron chi connectivity index (χ2n) is 4.87. The molecule has 0 aromatic heterocycles. The molecule has 3 heterocycles. The first kappa shape index (κ1) is 11.5. The van der Waals surface area contributed by atoms with Crippen molar-refractivity contribution < 1.29 is 14.3 Å². The summed E-state index contributed by atoms with van der Waals surface area (Å²) in [5.74, 6) is 1.59. The summed E-state index contributed by atoms with van der Waals surface area (Å²) in [6, 6.07) is 0. The highest BCUT2D eigenvalue weighted by molar-refractivity contribution is 7.99. The highest BCUT2D eigenvalue weighted by Gasteiger charge is 2.62. The third kappa shape index (κ3) is 1.63. The lowest BCUT2D eigenvalue weighted by atomic mass is 9.81. The summed E-state index contributed by atoms with van der Waals surface area (Å²) in [4.78, 5) is 25.9. The fourth-order valence-electron chi connectivity index (χ4n) is 3.29. The zero-order valence-electron chi connectivity index (χ0n) is 9.93. The van der Waals surface area contributed by atoms with Crippen molar-refractivity contribution in [3.8, 4) is 0 Å². The van der Waals surface area contributed by atoms with E-state index in [9.17, 15) is 9.59 Å². The third-order valence-electron chi connectivity index (χ3n) is 4.04. The lowest BCUT2D eigenvalue weighted by Gasteiger charge is -2.16. The van der Waals surface area contributed by atoms with Gasteiger partial charge in [-0.1, -0.05) is 6.92 Å². The molecule has 3 aliphatic heterocycles. The van der Waals surface area contributed by atoms with Gasteiger partial charge in [0.1, 0.15) is 0 Å². The molecule has 0 aromatic rings. The number of imide groups is 1. The van der Waals surface area contributed by atoms with Crippen LogP contribution in [0.3, 0.4) is 0 Å². The standard InChI is InChI=1S/C12H17NO3S/c1-2-17-6-5-13-11(14)9-7-3-4-8(16-7)10(9)12(13)15/h7-10H,2-6H2,1H3/t7-,8-,9-,10-/m0/s1. The van der Waals surface area contributed by atoms with Crippen LogP contribution in [0.1, 0.15) is 19.8 Å². The second-order valence-corrected chi connectivity index (χ2v) is 6.26. The van der Waals surface area contributed by atoms with E-state index in [1.165, 1.54) is 4.90 Å². The Kier molecular flexibility index (Phi) is 2.91. The zero-order chi connectivity index (χ0) is 12.0. The molecule has 0 radical (unpaired) electrons. The molecule has 0 unspecified atom stereocenters. The maximum Gasteiger partial charge on any atom is 0.235 e. The molecule has 3 saturated heterocycles. The predicted octanol–water partition coefficient (Wildman–Crippen LogP) is 0.902. The fourth-order valence-corrected chi connectivity index (χ4v) is 3.89. The average Bonchev–Trinajstić information content (AvgIpc) is 2.97. The monoisotopic (exact) mass is 255 g/mol. The summed E-state index contributed by atoms with van der Waals surface area (Å²) >= 11 is 1.77. The molecule has 4 nitrogen and oxygen atoms in total. The molecule has 0 aliphatic carbocycles. The van der Waals surface area contributed by atoms with Crippen LogP contribution >= 0.6 is 11.8 Å². The second kappa shape index (κ2) is 4.28. The summed E-state index contributed by atoms with van der Waals surface area (Å²) in [5.41, 5.74) is 0. The predicted molar refractivity (Wildman–Crippen MR) is 64.6 cm³/mol. The van der Waals surface area contributed by atoms with E-state index < -0.39 is 0 Å². The molecule has 5 heteroatoms. The van der Waals surface area contributed by atoms with Gasteiger partial charge in [-0.2, -0.15) is 11.8 Å². The third-order valence-corrected chi connectivity index (χ3v) is 4.92. The number of carbonyl (C=O) groups is 2. The van der Waals surface area contributed by atoms with E-state index in [0.717, 1.165) is 24.3 Å². The number of likely N-dealkylation sites (tertiary alicyclic amines) is 1. The van der Waals surface area contributed by atoms with Gasteiger partial charge in [0.15, 0.2) is 0 Å². The molecular weight excluding hydrogens is 238 g/mol. The molecule has 17 heavy (non-hydrogen) atoms. The smallest absolute Gasteiger partial charge is 0.235 e. The summed E-state index contributed by atoms with van der Waals surface area (Å²) in [6.45, 7) is 2.66. The Balaban J connectivity index is 1.72. The van der Waals surface area contributed by atoms with Crippen molar-refractivity contribution in [2.24, 2.45) is 11.8 Å². The molecule has 3 aliphatic rings. The van der Waals surface area contributed by atoms with Crippen LogP contribution in [0.2, 0.25) is 0 Å². The molecule has 2 bridgehead atoms. The number of ether oxygens (including phenoxy) is 1. The van der Waals surface area contributed by atoms with Crippen molar-refractivity contribution in [3.05, 3.63) is 0 Å². The lowest BCUT2D eigenvalue weighted by molar-refractivity contribution is -0.142. The highest BCUT2D eigenvalue weighted by atomic mass is 32.2. The summed E-state index contributed by atoms with van der Waals surface area (Å²) in [5, 5.41) is 0. The van der Waals surface area contributed by atoms with Crippen LogP contribution < -0.4 is 0 Å². The largest absolute Gasteiger partial charge is 0.373 e. The molecule has 3 rings (SSSR count).